The van der Waals surface area contributed by atoms with Gasteiger partial charge in [-0.05, 0) is 60.4 Å². The molecule has 8 nitrogen and oxygen atoms in total. The average Bonchev–Trinajstić information content (AvgIpc) is 2.68. The summed E-state index contributed by atoms with van der Waals surface area (Å²) in [6, 6.07) is 0. The van der Waals surface area contributed by atoms with Crippen LogP contribution >= 0.6 is 0 Å². The minimum atomic E-state index is -0.456. The Morgan fingerprint density at radius 1 is 1.23 bits per heavy atom. The lowest BCUT2D eigenvalue weighted by atomic mass is 9.96. The first-order valence-corrected chi connectivity index (χ1v) is 11.5. The van der Waals surface area contributed by atoms with Crippen molar-refractivity contribution in [2.75, 3.05) is 66.0 Å². The summed E-state index contributed by atoms with van der Waals surface area (Å²) in [4.78, 5) is 23.8. The SMILES string of the molecule is CCNC(=NCC1CN(C)CCO1)N1CCC(CN(CC)C(=O)OC(C)(C)C)CC1. The molecule has 1 amide bonds. The summed E-state index contributed by atoms with van der Waals surface area (Å²) in [7, 11) is 2.13. The van der Waals surface area contributed by atoms with Crippen LogP contribution in [0.5, 0.6) is 0 Å². The van der Waals surface area contributed by atoms with E-state index in [2.05, 4.69) is 29.1 Å². The van der Waals surface area contributed by atoms with Crippen LogP contribution in [0.15, 0.2) is 4.99 Å². The van der Waals surface area contributed by atoms with Crippen LogP contribution in [0, 0.1) is 5.92 Å². The van der Waals surface area contributed by atoms with Crippen LogP contribution in [0.2, 0.25) is 0 Å². The first kappa shape index (κ1) is 24.7. The predicted molar refractivity (Wildman–Crippen MR) is 121 cm³/mol. The van der Waals surface area contributed by atoms with Crippen LogP contribution in [0.25, 0.3) is 0 Å². The van der Waals surface area contributed by atoms with Crippen LogP contribution in [-0.2, 0) is 9.47 Å². The van der Waals surface area contributed by atoms with Gasteiger partial charge in [0.25, 0.3) is 0 Å². The number of likely N-dealkylation sites (tertiary alicyclic amines) is 1. The maximum Gasteiger partial charge on any atom is 0.410 e. The third-order valence-corrected chi connectivity index (χ3v) is 5.55. The minimum Gasteiger partial charge on any atom is -0.444 e. The molecule has 8 heteroatoms. The Morgan fingerprint density at radius 3 is 2.50 bits per heavy atom. The van der Waals surface area contributed by atoms with Gasteiger partial charge in [-0.25, -0.2) is 4.79 Å². The third-order valence-electron chi connectivity index (χ3n) is 5.55. The molecule has 0 aromatic carbocycles. The molecule has 0 bridgehead atoms. The summed E-state index contributed by atoms with van der Waals surface area (Å²) < 4.78 is 11.4. The molecule has 30 heavy (non-hydrogen) atoms. The van der Waals surface area contributed by atoms with Crippen molar-refractivity contribution in [2.24, 2.45) is 10.9 Å². The summed E-state index contributed by atoms with van der Waals surface area (Å²) in [5.74, 6) is 1.47. The number of nitrogens with zero attached hydrogens (tertiary/aromatic N) is 4. The normalized spacial score (nSPS) is 22.1. The van der Waals surface area contributed by atoms with Gasteiger partial charge in [-0.2, -0.15) is 0 Å². The Balaban J connectivity index is 1.85. The quantitative estimate of drug-likeness (QED) is 0.520. The molecule has 2 rings (SSSR count). The first-order chi connectivity index (χ1) is 14.2. The van der Waals surface area contributed by atoms with Crippen LogP contribution in [0.1, 0.15) is 47.5 Å². The molecule has 0 aliphatic carbocycles. The molecule has 0 spiro atoms. The van der Waals surface area contributed by atoms with Gasteiger partial charge in [-0.1, -0.05) is 0 Å². The monoisotopic (exact) mass is 425 g/mol. The lowest BCUT2D eigenvalue weighted by Crippen LogP contribution is -2.48. The summed E-state index contributed by atoms with van der Waals surface area (Å²) in [6.07, 6.45) is 2.06. The lowest BCUT2D eigenvalue weighted by molar-refractivity contribution is -0.0137. The number of aliphatic imine (C=N–C) groups is 1. The Kier molecular flexibility index (Phi) is 9.68. The molecule has 0 aromatic heterocycles. The summed E-state index contributed by atoms with van der Waals surface area (Å²) >= 11 is 0. The summed E-state index contributed by atoms with van der Waals surface area (Å²) in [6.45, 7) is 17.4. The van der Waals surface area contributed by atoms with Crippen LogP contribution in [-0.4, -0.2) is 104 Å². The van der Waals surface area contributed by atoms with Crippen LogP contribution in [0.4, 0.5) is 4.79 Å². The second-order valence-corrected chi connectivity index (χ2v) is 9.40. The molecule has 0 aromatic rings. The molecule has 2 saturated heterocycles. The van der Waals surface area contributed by atoms with Crippen molar-refractivity contribution in [3.8, 4) is 0 Å². The highest BCUT2D eigenvalue weighted by molar-refractivity contribution is 5.80. The zero-order chi connectivity index (χ0) is 22.1. The van der Waals surface area contributed by atoms with E-state index in [4.69, 9.17) is 14.5 Å². The number of nitrogens with one attached hydrogen (secondary N) is 1. The van der Waals surface area contributed by atoms with E-state index < -0.39 is 5.60 Å². The van der Waals surface area contributed by atoms with Gasteiger partial charge in [0.1, 0.15) is 5.60 Å². The van der Waals surface area contributed by atoms with Gasteiger partial charge in [0.15, 0.2) is 5.96 Å². The van der Waals surface area contributed by atoms with Crippen molar-refractivity contribution >= 4 is 12.1 Å². The smallest absolute Gasteiger partial charge is 0.410 e. The Bertz CT molecular complexity index is 555. The van der Waals surface area contributed by atoms with E-state index in [9.17, 15) is 4.79 Å². The number of ether oxygens (including phenoxy) is 2. The van der Waals surface area contributed by atoms with Crippen molar-refractivity contribution in [3.63, 3.8) is 0 Å². The second kappa shape index (κ2) is 11.7. The highest BCUT2D eigenvalue weighted by Gasteiger charge is 2.27. The number of guanidine groups is 1. The van der Waals surface area contributed by atoms with Crippen molar-refractivity contribution in [1.82, 2.24) is 20.0 Å². The average molecular weight is 426 g/mol. The van der Waals surface area contributed by atoms with E-state index in [1.807, 2.05) is 32.6 Å². The number of morpholine rings is 1. The number of amides is 1. The molecular weight excluding hydrogens is 382 g/mol. The number of carbonyl (C=O) groups is 1. The lowest BCUT2D eigenvalue weighted by Gasteiger charge is -2.37. The molecule has 2 aliphatic heterocycles. The number of likely N-dealkylation sites (N-methyl/N-ethyl adjacent to an activating group) is 1. The molecule has 174 valence electrons. The van der Waals surface area contributed by atoms with E-state index in [0.29, 0.717) is 19.0 Å². The summed E-state index contributed by atoms with van der Waals surface area (Å²) in [5.41, 5.74) is -0.456. The first-order valence-electron chi connectivity index (χ1n) is 11.5. The number of hydrogen-bond acceptors (Lipinski definition) is 5. The Labute approximate surface area is 183 Å². The topological polar surface area (TPSA) is 69.6 Å². The predicted octanol–water partition coefficient (Wildman–Crippen LogP) is 2.25. The zero-order valence-corrected chi connectivity index (χ0v) is 19.9. The molecule has 1 atom stereocenters. The molecular formula is C22H43N5O3. The van der Waals surface area contributed by atoms with E-state index in [-0.39, 0.29) is 12.2 Å². The third kappa shape index (κ3) is 8.30. The molecule has 1 N–H and O–H groups in total. The van der Waals surface area contributed by atoms with Crippen molar-refractivity contribution in [3.05, 3.63) is 0 Å². The van der Waals surface area contributed by atoms with Gasteiger partial charge in [0.2, 0.25) is 0 Å². The number of hydrogen-bond donors (Lipinski definition) is 1. The van der Waals surface area contributed by atoms with Crippen molar-refractivity contribution in [2.45, 2.75) is 59.2 Å². The van der Waals surface area contributed by atoms with E-state index in [0.717, 1.165) is 64.7 Å². The molecule has 2 heterocycles. The van der Waals surface area contributed by atoms with Crippen LogP contribution in [0.3, 0.4) is 0 Å². The van der Waals surface area contributed by atoms with E-state index >= 15 is 0 Å². The fourth-order valence-corrected chi connectivity index (χ4v) is 3.89. The van der Waals surface area contributed by atoms with Gasteiger partial charge in [-0.15, -0.1) is 0 Å². The fraction of sp³-hybridized carbons (Fsp3) is 0.909. The molecule has 1 unspecified atom stereocenters. The van der Waals surface area contributed by atoms with Gasteiger partial charge in [0, 0.05) is 45.8 Å². The van der Waals surface area contributed by atoms with Crippen molar-refractivity contribution < 1.29 is 14.3 Å². The van der Waals surface area contributed by atoms with Crippen LogP contribution < -0.4 is 5.32 Å². The zero-order valence-electron chi connectivity index (χ0n) is 19.9. The molecule has 2 fully saturated rings. The minimum absolute atomic E-state index is 0.168. The fourth-order valence-electron chi connectivity index (χ4n) is 3.89. The second-order valence-electron chi connectivity index (χ2n) is 9.40. The maximum atomic E-state index is 12.4. The van der Waals surface area contributed by atoms with Gasteiger partial charge < -0.3 is 29.5 Å². The molecule has 0 saturated carbocycles. The highest BCUT2D eigenvalue weighted by atomic mass is 16.6. The van der Waals surface area contributed by atoms with Gasteiger partial charge in [-0.3, -0.25) is 4.99 Å². The number of piperidine rings is 1. The van der Waals surface area contributed by atoms with Crippen molar-refractivity contribution in [1.29, 1.82) is 0 Å². The Hall–Kier alpha value is -1.54. The number of carbonyl (C=O) groups excluding carboxylic acids is 1. The Morgan fingerprint density at radius 2 is 1.93 bits per heavy atom. The largest absolute Gasteiger partial charge is 0.444 e. The highest BCUT2D eigenvalue weighted by Crippen LogP contribution is 2.20. The maximum absolute atomic E-state index is 12.4. The summed E-state index contributed by atoms with van der Waals surface area (Å²) in [5, 5.41) is 3.44. The number of rotatable bonds is 6. The standard InChI is InChI=1S/C22H43N5O3/c1-7-23-20(24-15-19-17-25(6)13-14-29-19)27-11-9-18(10-12-27)16-26(8-2)21(28)30-22(3,4)5/h18-19H,7-17H2,1-6H3,(H,23,24). The van der Waals surface area contributed by atoms with E-state index in [1.54, 1.807) is 0 Å². The molecule has 2 aliphatic rings. The molecule has 0 radical (unpaired) electrons. The van der Waals surface area contributed by atoms with Gasteiger partial charge >= 0.3 is 6.09 Å². The van der Waals surface area contributed by atoms with Gasteiger partial charge in [0.05, 0.1) is 19.3 Å². The van der Waals surface area contributed by atoms with E-state index in [1.165, 1.54) is 0 Å².